The molecule has 0 radical (unpaired) electrons. The van der Waals surface area contributed by atoms with E-state index in [0.29, 0.717) is 10.6 Å². The second-order valence-corrected chi connectivity index (χ2v) is 8.32. The van der Waals surface area contributed by atoms with E-state index >= 15 is 0 Å². The van der Waals surface area contributed by atoms with Gasteiger partial charge in [0.05, 0.1) is 12.1 Å². The normalized spacial score (nSPS) is 25.6. The summed E-state index contributed by atoms with van der Waals surface area (Å²) in [4.78, 5) is 15.2. The van der Waals surface area contributed by atoms with E-state index in [9.17, 15) is 9.18 Å². The topological polar surface area (TPSA) is 44.4 Å². The lowest BCUT2D eigenvalue weighted by Crippen LogP contribution is -2.41. The lowest BCUT2D eigenvalue weighted by atomic mass is 9.83. The minimum Gasteiger partial charge on any atom is -0.303 e. The first-order chi connectivity index (χ1) is 14.5. The minimum absolute atomic E-state index is 0.0685. The summed E-state index contributed by atoms with van der Waals surface area (Å²) in [5, 5.41) is 0.649. The fraction of sp³-hybridized carbons (Fsp3) is 0.208. The molecule has 3 aromatic carbocycles. The van der Waals surface area contributed by atoms with Crippen LogP contribution in [0.15, 0.2) is 72.8 Å². The SMILES string of the molecule is Cc1ccc(N2C(=O)C3NNC(c4ccc(Cl)cc4)C3C2c2ccccc2F)cc1. The molecule has 2 aliphatic heterocycles. The van der Waals surface area contributed by atoms with Gasteiger partial charge >= 0.3 is 0 Å². The van der Waals surface area contributed by atoms with E-state index in [1.165, 1.54) is 6.07 Å². The number of nitrogens with one attached hydrogen (secondary N) is 2. The molecule has 0 aromatic heterocycles. The third-order valence-corrected chi connectivity index (χ3v) is 6.33. The van der Waals surface area contributed by atoms with Crippen molar-refractivity contribution in [2.45, 2.75) is 25.0 Å². The molecule has 5 rings (SSSR count). The first-order valence-electron chi connectivity index (χ1n) is 9.95. The second kappa shape index (κ2) is 7.51. The van der Waals surface area contributed by atoms with Crippen molar-refractivity contribution in [3.8, 4) is 0 Å². The van der Waals surface area contributed by atoms with Crippen LogP contribution < -0.4 is 15.8 Å². The van der Waals surface area contributed by atoms with Gasteiger partial charge in [-0.2, -0.15) is 0 Å². The number of hydrazine groups is 1. The second-order valence-electron chi connectivity index (χ2n) is 7.88. The lowest BCUT2D eigenvalue weighted by molar-refractivity contribution is -0.119. The summed E-state index contributed by atoms with van der Waals surface area (Å²) in [6.07, 6.45) is 0. The summed E-state index contributed by atoms with van der Waals surface area (Å²) in [6, 6.07) is 21.0. The van der Waals surface area contributed by atoms with Gasteiger partial charge in [0.1, 0.15) is 11.9 Å². The number of aryl methyl sites for hydroxylation is 1. The van der Waals surface area contributed by atoms with Crippen molar-refractivity contribution in [3.63, 3.8) is 0 Å². The number of nitrogens with zero attached hydrogens (tertiary/aromatic N) is 1. The number of carbonyl (C=O) groups excluding carboxylic acids is 1. The van der Waals surface area contributed by atoms with Crippen LogP contribution >= 0.6 is 11.6 Å². The molecule has 2 heterocycles. The molecule has 4 nitrogen and oxygen atoms in total. The molecule has 3 aromatic rings. The van der Waals surface area contributed by atoms with Gasteiger partial charge in [-0.05, 0) is 42.8 Å². The molecule has 1 amide bonds. The minimum atomic E-state index is -0.461. The smallest absolute Gasteiger partial charge is 0.246 e. The van der Waals surface area contributed by atoms with Crippen molar-refractivity contribution in [1.29, 1.82) is 0 Å². The van der Waals surface area contributed by atoms with Crippen LogP contribution in [0, 0.1) is 18.7 Å². The summed E-state index contributed by atoms with van der Waals surface area (Å²) >= 11 is 6.07. The monoisotopic (exact) mass is 421 g/mol. The largest absolute Gasteiger partial charge is 0.303 e. The van der Waals surface area contributed by atoms with Gasteiger partial charge in [0, 0.05) is 22.2 Å². The average molecular weight is 422 g/mol. The molecule has 4 unspecified atom stereocenters. The molecule has 0 bridgehead atoms. The Bertz CT molecular complexity index is 1090. The summed E-state index contributed by atoms with van der Waals surface area (Å²) in [5.74, 6) is -0.576. The van der Waals surface area contributed by atoms with Crippen LogP contribution in [0.25, 0.3) is 0 Å². The maximum Gasteiger partial charge on any atom is 0.246 e. The average Bonchev–Trinajstić information content (AvgIpc) is 3.29. The highest BCUT2D eigenvalue weighted by atomic mass is 35.5. The van der Waals surface area contributed by atoms with E-state index in [2.05, 4.69) is 10.9 Å². The molecule has 2 fully saturated rings. The molecular formula is C24H21ClFN3O. The number of amides is 1. The molecule has 0 saturated carbocycles. The van der Waals surface area contributed by atoms with Crippen molar-refractivity contribution in [1.82, 2.24) is 10.9 Å². The van der Waals surface area contributed by atoms with Gasteiger partial charge in [-0.3, -0.25) is 4.79 Å². The number of carbonyl (C=O) groups is 1. The van der Waals surface area contributed by atoms with Crippen molar-refractivity contribution in [2.75, 3.05) is 4.90 Å². The third kappa shape index (κ3) is 3.10. The van der Waals surface area contributed by atoms with Gasteiger partial charge in [0.2, 0.25) is 5.91 Å². The highest BCUT2D eigenvalue weighted by molar-refractivity contribution is 6.30. The van der Waals surface area contributed by atoms with Crippen molar-refractivity contribution < 1.29 is 9.18 Å². The van der Waals surface area contributed by atoms with E-state index < -0.39 is 12.1 Å². The molecule has 2 N–H and O–H groups in total. The van der Waals surface area contributed by atoms with Crippen LogP contribution in [0.4, 0.5) is 10.1 Å². The standard InChI is InChI=1S/C24H21ClFN3O/c1-14-6-12-17(13-7-14)29-23(18-4-2-3-5-19(18)26)20-21(27-28-22(20)24(29)30)15-8-10-16(25)11-9-15/h2-13,20-23,27-28H,1H3. The molecular weight excluding hydrogens is 401 g/mol. The quantitative estimate of drug-likeness (QED) is 0.643. The molecule has 4 atom stereocenters. The number of benzene rings is 3. The van der Waals surface area contributed by atoms with Gasteiger partial charge < -0.3 is 4.90 Å². The van der Waals surface area contributed by atoms with Crippen LogP contribution in [0.3, 0.4) is 0 Å². The van der Waals surface area contributed by atoms with E-state index in [0.717, 1.165) is 16.8 Å². The van der Waals surface area contributed by atoms with Crippen LogP contribution in [0.1, 0.15) is 28.8 Å². The van der Waals surface area contributed by atoms with Gasteiger partial charge in [0.15, 0.2) is 0 Å². The predicted octanol–water partition coefficient (Wildman–Crippen LogP) is 4.71. The number of halogens is 2. The highest BCUT2D eigenvalue weighted by Gasteiger charge is 2.56. The highest BCUT2D eigenvalue weighted by Crippen LogP contribution is 2.49. The zero-order valence-electron chi connectivity index (χ0n) is 16.3. The van der Waals surface area contributed by atoms with Crippen molar-refractivity contribution in [3.05, 3.63) is 100 Å². The Morgan fingerprint density at radius 2 is 1.57 bits per heavy atom. The molecule has 0 aliphatic carbocycles. The van der Waals surface area contributed by atoms with Crippen LogP contribution in [-0.4, -0.2) is 11.9 Å². The number of hydrogen-bond donors (Lipinski definition) is 2. The van der Waals surface area contributed by atoms with E-state index in [-0.39, 0.29) is 23.7 Å². The predicted molar refractivity (Wildman–Crippen MR) is 116 cm³/mol. The first-order valence-corrected chi connectivity index (χ1v) is 10.3. The number of hydrogen-bond acceptors (Lipinski definition) is 3. The molecule has 2 aliphatic rings. The van der Waals surface area contributed by atoms with Crippen molar-refractivity contribution in [2.24, 2.45) is 5.92 Å². The summed E-state index contributed by atoms with van der Waals surface area (Å²) in [5.41, 5.74) is 9.82. The summed E-state index contributed by atoms with van der Waals surface area (Å²) in [7, 11) is 0. The molecule has 30 heavy (non-hydrogen) atoms. The number of rotatable bonds is 3. The third-order valence-electron chi connectivity index (χ3n) is 6.08. The Balaban J connectivity index is 1.64. The Hall–Kier alpha value is -2.73. The van der Waals surface area contributed by atoms with Crippen LogP contribution in [0.5, 0.6) is 0 Å². The van der Waals surface area contributed by atoms with Gasteiger partial charge in [-0.25, -0.2) is 15.2 Å². The number of fused-ring (bicyclic) bond motifs is 1. The van der Waals surface area contributed by atoms with Gasteiger partial charge in [-0.15, -0.1) is 0 Å². The maximum absolute atomic E-state index is 15.0. The molecule has 152 valence electrons. The Labute approximate surface area is 179 Å². The van der Waals surface area contributed by atoms with E-state index in [1.54, 1.807) is 17.0 Å². The van der Waals surface area contributed by atoms with Crippen LogP contribution in [-0.2, 0) is 4.79 Å². The maximum atomic E-state index is 15.0. The zero-order valence-corrected chi connectivity index (χ0v) is 17.1. The number of anilines is 1. The Kier molecular flexibility index (Phi) is 4.82. The van der Waals surface area contributed by atoms with E-state index in [4.69, 9.17) is 11.6 Å². The first kappa shape index (κ1) is 19.2. The van der Waals surface area contributed by atoms with E-state index in [1.807, 2.05) is 61.5 Å². The lowest BCUT2D eigenvalue weighted by Gasteiger charge is -2.31. The summed E-state index contributed by atoms with van der Waals surface area (Å²) in [6.45, 7) is 2.00. The van der Waals surface area contributed by atoms with Crippen LogP contribution in [0.2, 0.25) is 5.02 Å². The Morgan fingerprint density at radius 3 is 2.27 bits per heavy atom. The zero-order chi connectivity index (χ0) is 20.8. The fourth-order valence-electron chi connectivity index (χ4n) is 4.64. The van der Waals surface area contributed by atoms with Gasteiger partial charge in [-0.1, -0.05) is 59.6 Å². The van der Waals surface area contributed by atoms with Crippen molar-refractivity contribution >= 4 is 23.2 Å². The molecule has 2 saturated heterocycles. The summed E-state index contributed by atoms with van der Waals surface area (Å²) < 4.78 is 15.0. The fourth-order valence-corrected chi connectivity index (χ4v) is 4.77. The molecule has 0 spiro atoms. The van der Waals surface area contributed by atoms with Gasteiger partial charge in [0.25, 0.3) is 0 Å². The Morgan fingerprint density at radius 1 is 0.900 bits per heavy atom. The molecule has 6 heteroatoms.